The first-order chi connectivity index (χ1) is 8.55. The van der Waals surface area contributed by atoms with Crippen molar-refractivity contribution in [3.63, 3.8) is 0 Å². The van der Waals surface area contributed by atoms with Crippen LogP contribution in [0, 0.1) is 0 Å². The second kappa shape index (κ2) is 5.55. The quantitative estimate of drug-likeness (QED) is 0.799. The summed E-state index contributed by atoms with van der Waals surface area (Å²) in [6.45, 7) is 0. The van der Waals surface area contributed by atoms with Gasteiger partial charge in [-0.05, 0) is 24.5 Å². The Morgan fingerprint density at radius 3 is 2.56 bits per heavy atom. The first-order valence-electron chi connectivity index (χ1n) is 6.04. The van der Waals surface area contributed by atoms with Crippen molar-refractivity contribution in [1.82, 2.24) is 9.29 Å². The molecule has 0 radical (unpaired) electrons. The molecule has 1 aliphatic rings. The zero-order valence-corrected chi connectivity index (χ0v) is 11.9. The molecule has 0 amide bonds. The number of alkyl halides is 1. The van der Waals surface area contributed by atoms with Gasteiger partial charge in [-0.2, -0.15) is 4.31 Å². The summed E-state index contributed by atoms with van der Waals surface area (Å²) in [5.41, 5.74) is 0.819. The van der Waals surface area contributed by atoms with E-state index in [0.717, 1.165) is 31.2 Å². The standard InChI is InChI=1S/C12H17ClN2O2S/c1-15(11-4-2-3-5-11)18(16,17)12-7-6-10(8-13)9-14-12/h6-7,9,11H,2-5,8H2,1H3. The number of halogens is 1. The fourth-order valence-corrected chi connectivity index (χ4v) is 3.74. The van der Waals surface area contributed by atoms with Gasteiger partial charge in [0.15, 0.2) is 5.03 Å². The van der Waals surface area contributed by atoms with E-state index in [4.69, 9.17) is 11.6 Å². The lowest BCUT2D eigenvalue weighted by molar-refractivity contribution is 0.371. The molecule has 0 aliphatic heterocycles. The van der Waals surface area contributed by atoms with Crippen molar-refractivity contribution in [2.75, 3.05) is 7.05 Å². The number of aromatic nitrogens is 1. The van der Waals surface area contributed by atoms with E-state index in [1.165, 1.54) is 16.6 Å². The predicted octanol–water partition coefficient (Wildman–Crippen LogP) is 2.38. The van der Waals surface area contributed by atoms with Gasteiger partial charge in [-0.25, -0.2) is 13.4 Å². The minimum Gasteiger partial charge on any atom is -0.243 e. The van der Waals surface area contributed by atoms with Gasteiger partial charge in [0.2, 0.25) is 0 Å². The first kappa shape index (κ1) is 13.8. The van der Waals surface area contributed by atoms with Crippen molar-refractivity contribution < 1.29 is 8.42 Å². The summed E-state index contributed by atoms with van der Waals surface area (Å²) >= 11 is 5.66. The zero-order chi connectivity index (χ0) is 13.2. The molecule has 1 aliphatic carbocycles. The van der Waals surface area contributed by atoms with E-state index >= 15 is 0 Å². The average Bonchev–Trinajstić information content (AvgIpc) is 2.91. The van der Waals surface area contributed by atoms with E-state index in [1.807, 2.05) is 0 Å². The fourth-order valence-electron chi connectivity index (χ4n) is 2.25. The molecule has 0 spiro atoms. The Morgan fingerprint density at radius 1 is 1.39 bits per heavy atom. The van der Waals surface area contributed by atoms with Gasteiger partial charge in [-0.15, -0.1) is 11.6 Å². The van der Waals surface area contributed by atoms with Crippen LogP contribution < -0.4 is 0 Å². The third kappa shape index (κ3) is 2.68. The Morgan fingerprint density at radius 2 is 2.06 bits per heavy atom. The average molecular weight is 289 g/mol. The first-order valence-corrected chi connectivity index (χ1v) is 8.02. The monoisotopic (exact) mass is 288 g/mol. The molecular weight excluding hydrogens is 272 g/mol. The lowest BCUT2D eigenvalue weighted by Gasteiger charge is -2.23. The topological polar surface area (TPSA) is 50.3 Å². The van der Waals surface area contributed by atoms with Crippen molar-refractivity contribution in [2.24, 2.45) is 0 Å². The van der Waals surface area contributed by atoms with E-state index < -0.39 is 10.0 Å². The largest absolute Gasteiger partial charge is 0.260 e. The van der Waals surface area contributed by atoms with Gasteiger partial charge in [-0.1, -0.05) is 18.9 Å². The maximum atomic E-state index is 12.3. The van der Waals surface area contributed by atoms with E-state index in [9.17, 15) is 8.42 Å². The number of pyridine rings is 1. The summed E-state index contributed by atoms with van der Waals surface area (Å²) in [4.78, 5) is 4.00. The van der Waals surface area contributed by atoms with Crippen molar-refractivity contribution in [2.45, 2.75) is 42.6 Å². The third-order valence-corrected chi connectivity index (χ3v) is 5.57. The molecule has 4 nitrogen and oxygen atoms in total. The SMILES string of the molecule is CN(C1CCCC1)S(=O)(=O)c1ccc(CCl)cn1. The Kier molecular flexibility index (Phi) is 4.25. The van der Waals surface area contributed by atoms with Gasteiger partial charge in [0, 0.05) is 25.2 Å². The molecule has 1 heterocycles. The van der Waals surface area contributed by atoms with E-state index in [1.54, 1.807) is 13.1 Å². The molecule has 0 aromatic carbocycles. The van der Waals surface area contributed by atoms with Crippen molar-refractivity contribution >= 4 is 21.6 Å². The van der Waals surface area contributed by atoms with Crippen LogP contribution in [0.25, 0.3) is 0 Å². The highest BCUT2D eigenvalue weighted by atomic mass is 35.5. The minimum atomic E-state index is -3.47. The Bertz CT molecular complexity index is 495. The maximum Gasteiger partial charge on any atom is 0.260 e. The number of hydrogen-bond donors (Lipinski definition) is 0. The van der Waals surface area contributed by atoms with Crippen molar-refractivity contribution in [3.8, 4) is 0 Å². The van der Waals surface area contributed by atoms with Gasteiger partial charge >= 0.3 is 0 Å². The van der Waals surface area contributed by atoms with Gasteiger partial charge in [-0.3, -0.25) is 0 Å². The van der Waals surface area contributed by atoms with Gasteiger partial charge in [0.05, 0.1) is 0 Å². The van der Waals surface area contributed by atoms with Crippen LogP contribution in [-0.2, 0) is 15.9 Å². The van der Waals surface area contributed by atoms with Gasteiger partial charge < -0.3 is 0 Å². The van der Waals surface area contributed by atoms with Crippen LogP contribution in [0.4, 0.5) is 0 Å². The normalized spacial score (nSPS) is 17.5. The van der Waals surface area contributed by atoms with Crippen LogP contribution in [0.2, 0.25) is 0 Å². The van der Waals surface area contributed by atoms with Crippen LogP contribution in [0.5, 0.6) is 0 Å². The second-order valence-corrected chi connectivity index (χ2v) is 6.81. The molecule has 0 saturated heterocycles. The molecule has 1 aromatic rings. The highest BCUT2D eigenvalue weighted by molar-refractivity contribution is 7.89. The van der Waals surface area contributed by atoms with Crippen molar-refractivity contribution in [3.05, 3.63) is 23.9 Å². The molecular formula is C12H17ClN2O2S. The van der Waals surface area contributed by atoms with E-state index in [-0.39, 0.29) is 11.1 Å². The summed E-state index contributed by atoms with van der Waals surface area (Å²) in [5, 5.41) is 0.103. The van der Waals surface area contributed by atoms with Crippen molar-refractivity contribution in [1.29, 1.82) is 0 Å². The maximum absolute atomic E-state index is 12.3. The van der Waals surface area contributed by atoms with Crippen LogP contribution in [-0.4, -0.2) is 30.8 Å². The molecule has 0 atom stereocenters. The highest BCUT2D eigenvalue weighted by Crippen LogP contribution is 2.26. The second-order valence-electron chi connectivity index (χ2n) is 4.60. The molecule has 0 unspecified atom stereocenters. The number of rotatable bonds is 4. The van der Waals surface area contributed by atoms with E-state index in [2.05, 4.69) is 4.98 Å². The molecule has 2 rings (SSSR count). The van der Waals surface area contributed by atoms with Crippen LogP contribution in [0.3, 0.4) is 0 Å². The molecule has 1 fully saturated rings. The Balaban J connectivity index is 2.23. The Hall–Kier alpha value is -0.650. The smallest absolute Gasteiger partial charge is 0.243 e. The van der Waals surface area contributed by atoms with Gasteiger partial charge in [0.25, 0.3) is 10.0 Å². The Labute approximate surface area is 113 Å². The number of nitrogens with zero attached hydrogens (tertiary/aromatic N) is 2. The third-order valence-electron chi connectivity index (χ3n) is 3.43. The predicted molar refractivity (Wildman–Crippen MR) is 71.0 cm³/mol. The van der Waals surface area contributed by atoms with Gasteiger partial charge in [0.1, 0.15) is 0 Å². The molecule has 100 valence electrons. The molecule has 6 heteroatoms. The number of hydrogen-bond acceptors (Lipinski definition) is 3. The molecule has 0 bridgehead atoms. The molecule has 18 heavy (non-hydrogen) atoms. The molecule has 1 aromatic heterocycles. The van der Waals surface area contributed by atoms with Crippen LogP contribution >= 0.6 is 11.6 Å². The van der Waals surface area contributed by atoms with Crippen LogP contribution in [0.15, 0.2) is 23.4 Å². The molecule has 1 saturated carbocycles. The zero-order valence-electron chi connectivity index (χ0n) is 10.3. The lowest BCUT2D eigenvalue weighted by Crippen LogP contribution is -2.35. The number of sulfonamides is 1. The van der Waals surface area contributed by atoms with E-state index in [0.29, 0.717) is 5.88 Å². The summed E-state index contributed by atoms with van der Waals surface area (Å²) < 4.78 is 26.2. The molecule has 0 N–H and O–H groups in total. The highest BCUT2D eigenvalue weighted by Gasteiger charge is 2.30. The lowest BCUT2D eigenvalue weighted by atomic mass is 10.3. The summed E-state index contributed by atoms with van der Waals surface area (Å²) in [7, 11) is -1.83. The summed E-state index contributed by atoms with van der Waals surface area (Å²) in [6, 6.07) is 3.35. The fraction of sp³-hybridized carbons (Fsp3) is 0.583. The summed E-state index contributed by atoms with van der Waals surface area (Å²) in [5.74, 6) is 0.339. The van der Waals surface area contributed by atoms with Crippen LogP contribution in [0.1, 0.15) is 31.2 Å². The minimum absolute atomic E-state index is 0.103. The summed E-state index contributed by atoms with van der Waals surface area (Å²) in [6.07, 6.45) is 5.60.